The lowest BCUT2D eigenvalue weighted by atomic mass is 10.3. The number of nitrogens with zero attached hydrogens (tertiary/aromatic N) is 2. The van der Waals surface area contributed by atoms with Crippen molar-refractivity contribution >= 4 is 11.7 Å². The smallest absolute Gasteiger partial charge is 0.271 e. The van der Waals surface area contributed by atoms with E-state index in [1.807, 2.05) is 38.1 Å². The fraction of sp³-hybridized carbons (Fsp3) is 0.353. The average Bonchev–Trinajstić information content (AvgIpc) is 2.59. The van der Waals surface area contributed by atoms with Crippen LogP contribution in [0, 0.1) is 0 Å². The van der Waals surface area contributed by atoms with Gasteiger partial charge in [-0.15, -0.1) is 0 Å². The predicted molar refractivity (Wildman–Crippen MR) is 91.6 cm³/mol. The lowest BCUT2D eigenvalue weighted by molar-refractivity contribution is 0.0937. The van der Waals surface area contributed by atoms with Gasteiger partial charge in [-0.3, -0.25) is 4.79 Å². The van der Waals surface area contributed by atoms with Crippen molar-refractivity contribution in [3.8, 4) is 11.5 Å². The van der Waals surface area contributed by atoms with Crippen molar-refractivity contribution in [3.63, 3.8) is 0 Å². The molecule has 1 aromatic carbocycles. The van der Waals surface area contributed by atoms with Gasteiger partial charge >= 0.3 is 0 Å². The van der Waals surface area contributed by atoms with E-state index in [0.717, 1.165) is 11.5 Å². The largest absolute Gasteiger partial charge is 0.497 e. The summed E-state index contributed by atoms with van der Waals surface area (Å²) in [5.74, 6) is 1.92. The molecule has 128 valence electrons. The van der Waals surface area contributed by atoms with E-state index in [0.29, 0.717) is 24.7 Å². The second-order valence-electron chi connectivity index (χ2n) is 5.37. The number of ether oxygens (including phenoxy) is 2. The van der Waals surface area contributed by atoms with Crippen LogP contribution in [0.2, 0.25) is 0 Å². The maximum atomic E-state index is 11.8. The van der Waals surface area contributed by atoms with Crippen LogP contribution in [0.1, 0.15) is 24.3 Å². The van der Waals surface area contributed by atoms with Crippen molar-refractivity contribution in [1.82, 2.24) is 15.3 Å². The van der Waals surface area contributed by atoms with Crippen LogP contribution >= 0.6 is 0 Å². The van der Waals surface area contributed by atoms with Crippen LogP contribution in [-0.4, -0.2) is 42.2 Å². The Bertz CT molecular complexity index is 642. The van der Waals surface area contributed by atoms with Crippen LogP contribution in [0.3, 0.4) is 0 Å². The summed E-state index contributed by atoms with van der Waals surface area (Å²) in [4.78, 5) is 20.0. The molecular formula is C17H22N4O3. The molecule has 0 fully saturated rings. The third-order valence-corrected chi connectivity index (χ3v) is 3.04. The Kier molecular flexibility index (Phi) is 6.36. The molecule has 2 aromatic rings. The minimum Gasteiger partial charge on any atom is -0.497 e. The molecule has 0 unspecified atom stereocenters. The highest BCUT2D eigenvalue weighted by molar-refractivity contribution is 5.92. The Labute approximate surface area is 141 Å². The molecule has 0 saturated carbocycles. The molecule has 0 spiro atoms. The van der Waals surface area contributed by atoms with Crippen LogP contribution < -0.4 is 20.1 Å². The fourth-order valence-electron chi connectivity index (χ4n) is 1.89. The molecule has 7 heteroatoms. The van der Waals surface area contributed by atoms with Crippen molar-refractivity contribution in [2.45, 2.75) is 19.9 Å². The maximum absolute atomic E-state index is 11.8. The molecule has 7 nitrogen and oxygen atoms in total. The number of amides is 1. The van der Waals surface area contributed by atoms with Crippen molar-refractivity contribution < 1.29 is 14.3 Å². The molecule has 0 radical (unpaired) electrons. The normalized spacial score (nSPS) is 10.3. The summed E-state index contributed by atoms with van der Waals surface area (Å²) in [5.41, 5.74) is 0.295. The standard InChI is InChI=1S/C17H22N4O3/c1-12(2)21-17(22)15-10-20-16(11-19-15)18-8-9-24-14-6-4-13(23-3)5-7-14/h4-7,10-12H,8-9H2,1-3H3,(H,18,20)(H,21,22). The Hall–Kier alpha value is -2.83. The zero-order valence-electron chi connectivity index (χ0n) is 14.1. The van der Waals surface area contributed by atoms with Gasteiger partial charge in [-0.25, -0.2) is 9.97 Å². The van der Waals surface area contributed by atoms with E-state index in [1.54, 1.807) is 7.11 Å². The number of aromatic nitrogens is 2. The lowest BCUT2D eigenvalue weighted by Crippen LogP contribution is -2.30. The lowest BCUT2D eigenvalue weighted by Gasteiger charge is -2.09. The summed E-state index contributed by atoms with van der Waals surface area (Å²) < 4.78 is 10.7. The Morgan fingerprint density at radius 3 is 2.42 bits per heavy atom. The van der Waals surface area contributed by atoms with Gasteiger partial charge in [0.05, 0.1) is 26.0 Å². The summed E-state index contributed by atoms with van der Waals surface area (Å²) in [6.45, 7) is 4.83. The summed E-state index contributed by atoms with van der Waals surface area (Å²) in [5, 5.41) is 5.86. The summed E-state index contributed by atoms with van der Waals surface area (Å²) in [6.07, 6.45) is 2.98. The molecule has 0 aliphatic heterocycles. The van der Waals surface area contributed by atoms with Gasteiger partial charge in [0.15, 0.2) is 0 Å². The molecule has 1 aromatic heterocycles. The van der Waals surface area contributed by atoms with Crippen LogP contribution in [0.5, 0.6) is 11.5 Å². The number of benzene rings is 1. The van der Waals surface area contributed by atoms with E-state index in [9.17, 15) is 4.79 Å². The molecule has 0 bridgehead atoms. The number of nitrogens with one attached hydrogen (secondary N) is 2. The van der Waals surface area contributed by atoms with Crippen molar-refractivity contribution in [3.05, 3.63) is 42.4 Å². The summed E-state index contributed by atoms with van der Waals surface area (Å²) >= 11 is 0. The molecule has 0 saturated heterocycles. The number of rotatable bonds is 8. The third kappa shape index (κ3) is 5.42. The highest BCUT2D eigenvalue weighted by Gasteiger charge is 2.08. The maximum Gasteiger partial charge on any atom is 0.271 e. The van der Waals surface area contributed by atoms with Gasteiger partial charge < -0.3 is 20.1 Å². The van der Waals surface area contributed by atoms with E-state index in [4.69, 9.17) is 9.47 Å². The van der Waals surface area contributed by atoms with Crippen LogP contribution in [0.25, 0.3) is 0 Å². The SMILES string of the molecule is COc1ccc(OCCNc2cnc(C(=O)NC(C)C)cn2)cc1. The predicted octanol–water partition coefficient (Wildman–Crippen LogP) is 2.11. The molecule has 0 aliphatic rings. The quantitative estimate of drug-likeness (QED) is 0.721. The van der Waals surface area contributed by atoms with Crippen molar-refractivity contribution in [2.75, 3.05) is 25.6 Å². The van der Waals surface area contributed by atoms with Crippen LogP contribution in [0.15, 0.2) is 36.7 Å². The van der Waals surface area contributed by atoms with Crippen LogP contribution in [-0.2, 0) is 0 Å². The first-order chi connectivity index (χ1) is 11.6. The van der Waals surface area contributed by atoms with Gasteiger partial charge in [0.1, 0.15) is 29.6 Å². The van der Waals surface area contributed by atoms with E-state index < -0.39 is 0 Å². The molecule has 2 rings (SSSR count). The second-order valence-corrected chi connectivity index (χ2v) is 5.37. The number of hydrogen-bond donors (Lipinski definition) is 2. The van der Waals surface area contributed by atoms with Gasteiger partial charge in [0.2, 0.25) is 0 Å². The highest BCUT2D eigenvalue weighted by Crippen LogP contribution is 2.16. The van der Waals surface area contributed by atoms with E-state index in [2.05, 4.69) is 20.6 Å². The van der Waals surface area contributed by atoms with Gasteiger partial charge in [0.25, 0.3) is 5.91 Å². The molecule has 0 atom stereocenters. The monoisotopic (exact) mass is 330 g/mol. The van der Waals surface area contributed by atoms with E-state index in [1.165, 1.54) is 12.4 Å². The molecule has 1 heterocycles. The van der Waals surface area contributed by atoms with Gasteiger partial charge in [-0.1, -0.05) is 0 Å². The number of carbonyl (C=O) groups excluding carboxylic acids is 1. The number of hydrogen-bond acceptors (Lipinski definition) is 6. The Balaban J connectivity index is 1.75. The van der Waals surface area contributed by atoms with E-state index in [-0.39, 0.29) is 11.9 Å². The summed E-state index contributed by atoms with van der Waals surface area (Å²) in [6, 6.07) is 7.44. The molecular weight excluding hydrogens is 308 g/mol. The second kappa shape index (κ2) is 8.71. The first-order valence-electron chi connectivity index (χ1n) is 7.72. The van der Waals surface area contributed by atoms with E-state index >= 15 is 0 Å². The molecule has 2 N–H and O–H groups in total. The molecule has 24 heavy (non-hydrogen) atoms. The molecule has 1 amide bonds. The first-order valence-corrected chi connectivity index (χ1v) is 7.72. The number of anilines is 1. The topological polar surface area (TPSA) is 85.4 Å². The van der Waals surface area contributed by atoms with Crippen molar-refractivity contribution in [2.24, 2.45) is 0 Å². The zero-order valence-corrected chi connectivity index (χ0v) is 14.1. The van der Waals surface area contributed by atoms with Crippen LogP contribution in [0.4, 0.5) is 5.82 Å². The van der Waals surface area contributed by atoms with Gasteiger partial charge in [-0.05, 0) is 38.1 Å². The number of carbonyl (C=O) groups is 1. The first kappa shape index (κ1) is 17.5. The molecule has 0 aliphatic carbocycles. The average molecular weight is 330 g/mol. The minimum atomic E-state index is -0.230. The third-order valence-electron chi connectivity index (χ3n) is 3.04. The summed E-state index contributed by atoms with van der Waals surface area (Å²) in [7, 11) is 1.62. The Morgan fingerprint density at radius 2 is 1.83 bits per heavy atom. The Morgan fingerprint density at radius 1 is 1.12 bits per heavy atom. The number of methoxy groups -OCH3 is 1. The van der Waals surface area contributed by atoms with Gasteiger partial charge in [-0.2, -0.15) is 0 Å². The fourth-order valence-corrected chi connectivity index (χ4v) is 1.89. The van der Waals surface area contributed by atoms with Gasteiger partial charge in [0, 0.05) is 6.04 Å². The minimum absolute atomic E-state index is 0.0622. The van der Waals surface area contributed by atoms with Crippen molar-refractivity contribution in [1.29, 1.82) is 0 Å². The highest BCUT2D eigenvalue weighted by atomic mass is 16.5. The zero-order chi connectivity index (χ0) is 17.4.